The van der Waals surface area contributed by atoms with E-state index in [0.29, 0.717) is 6.42 Å². The molecule has 2 aliphatic heterocycles. The first-order valence-corrected chi connectivity index (χ1v) is 5.41. The summed E-state index contributed by atoms with van der Waals surface area (Å²) < 4.78 is 30.9. The van der Waals surface area contributed by atoms with Crippen molar-refractivity contribution in [1.29, 1.82) is 0 Å². The Bertz CT molecular complexity index is 351. The number of amides is 1. The molecule has 1 N–H and O–H groups in total. The van der Waals surface area contributed by atoms with Crippen LogP contribution in [-0.2, 0) is 18.8 Å². The predicted octanol–water partition coefficient (Wildman–Crippen LogP) is -0.601. The van der Waals surface area contributed by atoms with Gasteiger partial charge in [-0.2, -0.15) is 8.42 Å². The Morgan fingerprint density at radius 3 is 2.64 bits per heavy atom. The zero-order valence-electron chi connectivity index (χ0n) is 7.12. The van der Waals surface area contributed by atoms with E-state index in [-0.39, 0.29) is 13.1 Å². The Morgan fingerprint density at radius 1 is 1.36 bits per heavy atom. The molecule has 2 rings (SSSR count). The van der Waals surface area contributed by atoms with Crippen molar-refractivity contribution in [3.63, 3.8) is 0 Å². The van der Waals surface area contributed by atoms with Crippen LogP contribution < -0.4 is 0 Å². The first-order valence-electron chi connectivity index (χ1n) is 4.07. The molecule has 0 spiro atoms. The minimum absolute atomic E-state index is 0.0409. The molecule has 1 amide bonds. The first-order chi connectivity index (χ1) is 6.48. The Morgan fingerprint density at radius 2 is 2.00 bits per heavy atom. The SMILES string of the molecule is O=C(O)N1CC[C@@H]2OS(=O)(=O)O[C@@H]2C1. The van der Waals surface area contributed by atoms with Gasteiger partial charge in [-0.05, 0) is 6.42 Å². The van der Waals surface area contributed by atoms with E-state index < -0.39 is 28.7 Å². The fraction of sp³-hybridized carbons (Fsp3) is 0.833. The average molecular weight is 223 g/mol. The number of carbonyl (C=O) groups is 1. The van der Waals surface area contributed by atoms with Crippen LogP contribution in [0.15, 0.2) is 0 Å². The maximum absolute atomic E-state index is 10.9. The number of carboxylic acid groups (broad SMARTS) is 1. The van der Waals surface area contributed by atoms with Gasteiger partial charge < -0.3 is 10.0 Å². The third-order valence-corrected chi connectivity index (χ3v) is 3.22. The molecule has 2 aliphatic rings. The van der Waals surface area contributed by atoms with Crippen molar-refractivity contribution in [2.75, 3.05) is 13.1 Å². The molecule has 0 aliphatic carbocycles. The number of rotatable bonds is 0. The lowest BCUT2D eigenvalue weighted by Gasteiger charge is -2.29. The predicted molar refractivity (Wildman–Crippen MR) is 42.9 cm³/mol. The molecular formula is C6H9NO6S. The number of hydrogen-bond acceptors (Lipinski definition) is 5. The number of likely N-dealkylation sites (tertiary alicyclic amines) is 1. The normalized spacial score (nSPS) is 35.3. The van der Waals surface area contributed by atoms with E-state index >= 15 is 0 Å². The van der Waals surface area contributed by atoms with Gasteiger partial charge in [0.05, 0.1) is 6.54 Å². The second-order valence-electron chi connectivity index (χ2n) is 3.19. The number of hydrogen-bond donors (Lipinski definition) is 1. The molecule has 2 heterocycles. The van der Waals surface area contributed by atoms with Gasteiger partial charge in [0, 0.05) is 6.54 Å². The summed E-state index contributed by atoms with van der Waals surface area (Å²) in [5, 5.41) is 8.67. The molecule has 80 valence electrons. The standard InChI is InChI=1S/C6H9NO6S/c8-6(9)7-2-1-4-5(3-7)13-14(10,11)12-4/h4-5H,1-3H2,(H,8,9)/t4-,5+/m0/s1. The van der Waals surface area contributed by atoms with E-state index in [1.54, 1.807) is 0 Å². The average Bonchev–Trinajstić information content (AvgIpc) is 2.36. The highest BCUT2D eigenvalue weighted by Gasteiger charge is 2.44. The van der Waals surface area contributed by atoms with Gasteiger partial charge in [0.2, 0.25) is 0 Å². The van der Waals surface area contributed by atoms with Crippen LogP contribution in [0.5, 0.6) is 0 Å². The van der Waals surface area contributed by atoms with Crippen LogP contribution in [0.4, 0.5) is 4.79 Å². The molecule has 7 nitrogen and oxygen atoms in total. The summed E-state index contributed by atoms with van der Waals surface area (Å²) in [7, 11) is -3.90. The van der Waals surface area contributed by atoms with Crippen molar-refractivity contribution in [1.82, 2.24) is 4.90 Å². The molecule has 2 fully saturated rings. The van der Waals surface area contributed by atoms with Crippen LogP contribution >= 0.6 is 0 Å². The molecular weight excluding hydrogens is 214 g/mol. The molecule has 0 aromatic carbocycles. The van der Waals surface area contributed by atoms with Crippen LogP contribution in [-0.4, -0.2) is 49.8 Å². The van der Waals surface area contributed by atoms with Crippen molar-refractivity contribution >= 4 is 16.5 Å². The lowest BCUT2D eigenvalue weighted by Crippen LogP contribution is -2.47. The van der Waals surface area contributed by atoms with Gasteiger partial charge in [-0.15, -0.1) is 0 Å². The van der Waals surface area contributed by atoms with Crippen molar-refractivity contribution in [3.8, 4) is 0 Å². The zero-order chi connectivity index (χ0) is 10.3. The van der Waals surface area contributed by atoms with Crippen molar-refractivity contribution in [2.24, 2.45) is 0 Å². The molecule has 2 atom stereocenters. The third-order valence-electron chi connectivity index (χ3n) is 2.25. The van der Waals surface area contributed by atoms with Crippen molar-refractivity contribution < 1.29 is 26.7 Å². The maximum Gasteiger partial charge on any atom is 0.407 e. The highest BCUT2D eigenvalue weighted by Crippen LogP contribution is 2.27. The quantitative estimate of drug-likeness (QED) is 0.589. The summed E-state index contributed by atoms with van der Waals surface area (Å²) in [4.78, 5) is 11.7. The monoisotopic (exact) mass is 223 g/mol. The minimum Gasteiger partial charge on any atom is -0.465 e. The second-order valence-corrected chi connectivity index (χ2v) is 4.40. The van der Waals surface area contributed by atoms with Crippen molar-refractivity contribution in [3.05, 3.63) is 0 Å². The fourth-order valence-electron chi connectivity index (χ4n) is 1.60. The van der Waals surface area contributed by atoms with Crippen LogP contribution in [0, 0.1) is 0 Å². The first kappa shape index (κ1) is 9.69. The van der Waals surface area contributed by atoms with Gasteiger partial charge >= 0.3 is 16.5 Å². The molecule has 0 radical (unpaired) electrons. The molecule has 0 aromatic rings. The highest BCUT2D eigenvalue weighted by atomic mass is 32.3. The Hall–Kier alpha value is -0.860. The van der Waals surface area contributed by atoms with Crippen molar-refractivity contribution in [2.45, 2.75) is 18.6 Å². The van der Waals surface area contributed by atoms with Gasteiger partial charge in [0.15, 0.2) is 0 Å². The highest BCUT2D eigenvalue weighted by molar-refractivity contribution is 7.82. The molecule has 14 heavy (non-hydrogen) atoms. The fourth-order valence-corrected chi connectivity index (χ4v) is 2.65. The summed E-state index contributed by atoms with van der Waals surface area (Å²) in [6, 6.07) is 0. The zero-order valence-corrected chi connectivity index (χ0v) is 7.94. The summed E-state index contributed by atoms with van der Waals surface area (Å²) >= 11 is 0. The lowest BCUT2D eigenvalue weighted by atomic mass is 10.1. The van der Waals surface area contributed by atoms with E-state index in [4.69, 9.17) is 5.11 Å². The van der Waals surface area contributed by atoms with E-state index in [0.717, 1.165) is 4.90 Å². The maximum atomic E-state index is 10.9. The Kier molecular flexibility index (Phi) is 2.13. The van der Waals surface area contributed by atoms with Gasteiger partial charge in [-0.3, -0.25) is 0 Å². The van der Waals surface area contributed by atoms with Crippen LogP contribution in [0.1, 0.15) is 6.42 Å². The lowest BCUT2D eigenvalue weighted by molar-refractivity contribution is 0.0521. The number of piperidine rings is 1. The van der Waals surface area contributed by atoms with E-state index in [1.807, 2.05) is 0 Å². The van der Waals surface area contributed by atoms with Gasteiger partial charge in [-0.1, -0.05) is 0 Å². The summed E-state index contributed by atoms with van der Waals surface area (Å²) in [5.74, 6) is 0. The van der Waals surface area contributed by atoms with Gasteiger partial charge in [0.1, 0.15) is 12.2 Å². The summed E-state index contributed by atoms with van der Waals surface area (Å²) in [6.45, 7) is 0.314. The topological polar surface area (TPSA) is 93.1 Å². The van der Waals surface area contributed by atoms with E-state index in [1.165, 1.54) is 0 Å². The molecule has 2 saturated heterocycles. The Labute approximate surface area is 80.5 Å². The van der Waals surface area contributed by atoms with Crippen LogP contribution in [0.25, 0.3) is 0 Å². The second kappa shape index (κ2) is 3.07. The Balaban J connectivity index is 2.09. The molecule has 0 aromatic heterocycles. The molecule has 8 heteroatoms. The molecule has 0 unspecified atom stereocenters. The summed E-state index contributed by atoms with van der Waals surface area (Å²) in [6.07, 6.45) is -1.95. The van der Waals surface area contributed by atoms with E-state index in [9.17, 15) is 13.2 Å². The largest absolute Gasteiger partial charge is 0.465 e. The number of nitrogens with zero attached hydrogens (tertiary/aromatic N) is 1. The third kappa shape index (κ3) is 1.68. The van der Waals surface area contributed by atoms with E-state index in [2.05, 4.69) is 8.37 Å². The number of fused-ring (bicyclic) bond motifs is 1. The van der Waals surface area contributed by atoms with Gasteiger partial charge in [0.25, 0.3) is 0 Å². The van der Waals surface area contributed by atoms with Crippen LogP contribution in [0.3, 0.4) is 0 Å². The smallest absolute Gasteiger partial charge is 0.407 e. The minimum atomic E-state index is -3.90. The molecule has 0 saturated carbocycles. The van der Waals surface area contributed by atoms with Gasteiger partial charge in [-0.25, -0.2) is 13.2 Å². The summed E-state index contributed by atoms with van der Waals surface area (Å²) in [5.41, 5.74) is 0. The van der Waals surface area contributed by atoms with Crippen LogP contribution in [0.2, 0.25) is 0 Å². The molecule has 0 bridgehead atoms.